The lowest BCUT2D eigenvalue weighted by Gasteiger charge is -2.21. The highest BCUT2D eigenvalue weighted by Crippen LogP contribution is 2.48. The quantitative estimate of drug-likeness (QED) is 0.157. The number of aromatic nitrogens is 3. The molecular weight excluding hydrogens is 665 g/mol. The zero-order valence-corrected chi connectivity index (χ0v) is 27.2. The van der Waals surface area contributed by atoms with Crippen LogP contribution in [-0.2, 0) is 15.1 Å². The van der Waals surface area contributed by atoms with E-state index in [1.54, 1.807) is 36.4 Å². The molecule has 260 valence electrons. The lowest BCUT2D eigenvalue weighted by Crippen LogP contribution is -2.48. The number of halogens is 4. The summed E-state index contributed by atoms with van der Waals surface area (Å²) < 4.78 is 43.6. The van der Waals surface area contributed by atoms with Crippen molar-refractivity contribution in [1.82, 2.24) is 30.9 Å². The molecule has 0 bridgehead atoms. The number of hydrogen-bond donors (Lipinski definition) is 5. The third-order valence-corrected chi connectivity index (χ3v) is 9.09. The Morgan fingerprint density at radius 1 is 0.857 bits per heavy atom. The summed E-state index contributed by atoms with van der Waals surface area (Å²) in [6, 6.07) is 12.9. The summed E-state index contributed by atoms with van der Waals surface area (Å²) in [7, 11) is 0. The predicted molar refractivity (Wildman–Crippen MR) is 174 cm³/mol. The fourth-order valence-corrected chi connectivity index (χ4v) is 5.90. The van der Waals surface area contributed by atoms with Gasteiger partial charge < -0.3 is 31.3 Å². The number of carbonyl (C=O) groups is 3. The molecule has 3 aliphatic rings. The van der Waals surface area contributed by atoms with Gasteiger partial charge >= 0.3 is 24.0 Å². The second-order valence-corrected chi connectivity index (χ2v) is 13.2. The molecule has 49 heavy (non-hydrogen) atoms. The number of alkyl halides is 3. The maximum atomic E-state index is 12.9. The van der Waals surface area contributed by atoms with Crippen molar-refractivity contribution in [2.45, 2.75) is 62.7 Å². The third-order valence-electron chi connectivity index (χ3n) is 8.84. The Morgan fingerprint density at radius 3 is 2.24 bits per heavy atom. The first-order chi connectivity index (χ1) is 23.4. The number of carbonyl (C=O) groups excluding carboxylic acids is 3. The Labute approximate surface area is 285 Å². The summed E-state index contributed by atoms with van der Waals surface area (Å²) in [5, 5.41) is 15.1. The van der Waals surface area contributed by atoms with E-state index in [0.717, 1.165) is 50.5 Å². The van der Waals surface area contributed by atoms with E-state index in [1.165, 1.54) is 0 Å². The van der Waals surface area contributed by atoms with E-state index in [9.17, 15) is 27.6 Å². The summed E-state index contributed by atoms with van der Waals surface area (Å²) in [6.07, 6.45) is 1.44. The summed E-state index contributed by atoms with van der Waals surface area (Å²) in [5.41, 5.74) is 1.26. The van der Waals surface area contributed by atoms with Gasteiger partial charge in [-0.3, -0.25) is 14.4 Å². The van der Waals surface area contributed by atoms with Crippen LogP contribution < -0.4 is 31.3 Å². The molecule has 2 unspecified atom stereocenters. The van der Waals surface area contributed by atoms with Gasteiger partial charge in [-0.15, -0.1) is 0 Å². The number of rotatable bonds is 13. The second-order valence-electron chi connectivity index (χ2n) is 12.7. The van der Waals surface area contributed by atoms with E-state index >= 15 is 0 Å². The Bertz CT molecular complexity index is 1670. The van der Waals surface area contributed by atoms with E-state index in [1.807, 2.05) is 12.1 Å². The number of hydrogen-bond acceptors (Lipinski definition) is 9. The first-order valence-corrected chi connectivity index (χ1v) is 16.6. The summed E-state index contributed by atoms with van der Waals surface area (Å²) >= 11 is 6.03. The highest BCUT2D eigenvalue weighted by molar-refractivity contribution is 6.35. The maximum Gasteiger partial charge on any atom is 0.422 e. The van der Waals surface area contributed by atoms with Crippen LogP contribution >= 0.6 is 11.6 Å². The Kier molecular flexibility index (Phi) is 10.1. The van der Waals surface area contributed by atoms with Gasteiger partial charge in [0.1, 0.15) is 0 Å². The number of nitrogens with one attached hydrogen (secondary N) is 5. The van der Waals surface area contributed by atoms with Gasteiger partial charge in [-0.05, 0) is 92.3 Å². The molecule has 1 aromatic heterocycles. The van der Waals surface area contributed by atoms with Crippen molar-refractivity contribution in [3.05, 3.63) is 64.7 Å². The molecule has 2 atom stereocenters. The van der Waals surface area contributed by atoms with Gasteiger partial charge in [-0.25, -0.2) is 0 Å². The largest absolute Gasteiger partial charge is 0.454 e. The molecule has 1 heterocycles. The number of anilines is 3. The van der Waals surface area contributed by atoms with Crippen LogP contribution in [0.2, 0.25) is 5.02 Å². The van der Waals surface area contributed by atoms with Crippen LogP contribution in [-0.4, -0.2) is 64.6 Å². The van der Waals surface area contributed by atoms with Crippen LogP contribution in [0.15, 0.2) is 48.5 Å². The standard InChI is InChI=1S/C33H36ClF3N8O4/c34-23-10-8-22(9-11-23)32(14-15-32)45-30-42-29(43-31(44-30)49-18-33(35,36)37)40-24-12-6-20(7-13-24)26(46)39-17-21-2-1-3-25(21)41-28(48)27(47)38-16-19-4-5-19/h6-13,19,21,25H,1-5,14-18H2,(H,38,47)(H,39,46)(H,41,48)(H2,40,42,43,44,45). The third kappa shape index (κ3) is 9.49. The molecule has 3 aliphatic carbocycles. The molecule has 16 heteroatoms. The number of ether oxygens (including phenoxy) is 1. The van der Waals surface area contributed by atoms with Crippen LogP contribution in [0, 0.1) is 11.8 Å². The van der Waals surface area contributed by atoms with Crippen molar-refractivity contribution in [1.29, 1.82) is 0 Å². The molecule has 5 N–H and O–H groups in total. The van der Waals surface area contributed by atoms with Crippen molar-refractivity contribution >= 4 is 46.9 Å². The normalized spacial score (nSPS) is 19.4. The van der Waals surface area contributed by atoms with Gasteiger partial charge in [-0.2, -0.15) is 28.1 Å². The van der Waals surface area contributed by atoms with Crippen LogP contribution in [0.3, 0.4) is 0 Å². The molecule has 0 saturated heterocycles. The van der Waals surface area contributed by atoms with Crippen LogP contribution in [0.5, 0.6) is 6.01 Å². The Hall–Kier alpha value is -4.66. The van der Waals surface area contributed by atoms with Gasteiger partial charge in [0.05, 0.1) is 5.54 Å². The average molecular weight is 701 g/mol. The molecule has 2 aromatic carbocycles. The average Bonchev–Trinajstić information content (AvgIpc) is 4.01. The minimum Gasteiger partial charge on any atom is -0.454 e. The minimum atomic E-state index is -4.59. The lowest BCUT2D eigenvalue weighted by atomic mass is 10.0. The molecular formula is C33H36ClF3N8O4. The zero-order valence-electron chi connectivity index (χ0n) is 26.4. The predicted octanol–water partition coefficient (Wildman–Crippen LogP) is 4.85. The summed E-state index contributed by atoms with van der Waals surface area (Å²) in [4.78, 5) is 49.9. The molecule has 0 aliphatic heterocycles. The Morgan fingerprint density at radius 2 is 1.57 bits per heavy atom. The van der Waals surface area contributed by atoms with Gasteiger partial charge in [0.2, 0.25) is 11.9 Å². The molecule has 12 nitrogen and oxygen atoms in total. The van der Waals surface area contributed by atoms with Crippen molar-refractivity contribution in [2.75, 3.05) is 30.3 Å². The fourth-order valence-electron chi connectivity index (χ4n) is 5.78. The van der Waals surface area contributed by atoms with Gasteiger partial charge in [-0.1, -0.05) is 30.2 Å². The topological polar surface area (TPSA) is 159 Å². The molecule has 0 radical (unpaired) electrons. The maximum absolute atomic E-state index is 12.9. The highest BCUT2D eigenvalue weighted by Gasteiger charge is 2.45. The first kappa shape index (κ1) is 34.2. The van der Waals surface area contributed by atoms with E-state index < -0.39 is 36.1 Å². The van der Waals surface area contributed by atoms with Crippen molar-refractivity contribution in [3.63, 3.8) is 0 Å². The van der Waals surface area contributed by atoms with E-state index in [0.29, 0.717) is 35.3 Å². The lowest BCUT2D eigenvalue weighted by molar-refractivity contribution is -0.154. The highest BCUT2D eigenvalue weighted by atomic mass is 35.5. The van der Waals surface area contributed by atoms with Gasteiger partial charge in [0.25, 0.3) is 5.91 Å². The van der Waals surface area contributed by atoms with Gasteiger partial charge in [0.15, 0.2) is 6.61 Å². The first-order valence-electron chi connectivity index (χ1n) is 16.2. The summed E-state index contributed by atoms with van der Waals surface area (Å²) in [5.74, 6) is -1.18. The molecule has 0 spiro atoms. The monoisotopic (exact) mass is 700 g/mol. The van der Waals surface area contributed by atoms with E-state index in [2.05, 4.69) is 41.5 Å². The SMILES string of the molecule is O=C(NCC1CC1)C(=O)NC1CCCC1CNC(=O)c1ccc(Nc2nc(NC3(c4ccc(Cl)cc4)CC3)nc(OCC(F)(F)F)n2)cc1. The molecule has 3 aromatic rings. The molecule has 3 amide bonds. The number of nitrogens with zero attached hydrogens (tertiary/aromatic N) is 3. The smallest absolute Gasteiger partial charge is 0.422 e. The van der Waals surface area contributed by atoms with Crippen LogP contribution in [0.25, 0.3) is 0 Å². The molecule has 3 fully saturated rings. The van der Waals surface area contributed by atoms with Crippen LogP contribution in [0.4, 0.5) is 30.8 Å². The Balaban J connectivity index is 1.06. The second kappa shape index (κ2) is 14.4. The zero-order chi connectivity index (χ0) is 34.6. The fraction of sp³-hybridized carbons (Fsp3) is 0.455. The van der Waals surface area contributed by atoms with Crippen molar-refractivity contribution in [3.8, 4) is 6.01 Å². The number of benzene rings is 2. The summed E-state index contributed by atoms with van der Waals surface area (Å²) in [6.45, 7) is -0.736. The van der Waals surface area contributed by atoms with Crippen LogP contribution in [0.1, 0.15) is 60.9 Å². The molecule has 3 saturated carbocycles. The molecule has 6 rings (SSSR count). The van der Waals surface area contributed by atoms with Crippen molar-refractivity contribution in [2.24, 2.45) is 11.8 Å². The van der Waals surface area contributed by atoms with Gasteiger partial charge in [0, 0.05) is 35.4 Å². The van der Waals surface area contributed by atoms with E-state index in [4.69, 9.17) is 16.3 Å². The number of amides is 3. The van der Waals surface area contributed by atoms with E-state index in [-0.39, 0.29) is 29.8 Å². The van der Waals surface area contributed by atoms with Crippen molar-refractivity contribution < 1.29 is 32.3 Å². The minimum absolute atomic E-state index is 0.0139.